The van der Waals surface area contributed by atoms with Crippen molar-refractivity contribution in [3.05, 3.63) is 50.1 Å². The summed E-state index contributed by atoms with van der Waals surface area (Å²) in [6.07, 6.45) is 12.6. The lowest BCUT2D eigenvalue weighted by Gasteiger charge is -2.49. The Bertz CT molecular complexity index is 1520. The normalized spacial score (nSPS) is 39.4. The van der Waals surface area contributed by atoms with Gasteiger partial charge in [-0.15, -0.1) is 0 Å². The zero-order chi connectivity index (χ0) is 33.1. The van der Waals surface area contributed by atoms with Crippen LogP contribution in [0, 0.1) is 44.1 Å². The van der Waals surface area contributed by atoms with Crippen LogP contribution in [0.1, 0.15) is 91.0 Å². The van der Waals surface area contributed by atoms with E-state index in [1.54, 1.807) is 11.1 Å². The molecule has 0 bridgehead atoms. The predicted octanol–water partition coefficient (Wildman–Crippen LogP) is 7.25. The maximum absolute atomic E-state index is 12.9. The smallest absolute Gasteiger partial charge is 0.220 e. The van der Waals surface area contributed by atoms with E-state index in [-0.39, 0.29) is 29.1 Å². The zero-order valence-electron chi connectivity index (χ0n) is 28.6. The highest BCUT2D eigenvalue weighted by molar-refractivity contribution is 14.1. The quantitative estimate of drug-likeness (QED) is 0.118. The molecule has 47 heavy (non-hydrogen) atoms. The van der Waals surface area contributed by atoms with Gasteiger partial charge in [0.15, 0.2) is 10.8 Å². The molecule has 2 saturated heterocycles. The van der Waals surface area contributed by atoms with Gasteiger partial charge in [-0.1, -0.05) is 44.1 Å². The summed E-state index contributed by atoms with van der Waals surface area (Å²) in [6.45, 7) is 12.3. The standard InChI is InChI=1S/C38H52IN5O3/c1-22-17-34-36(44(21-22)16-15-41-35(46)10-6-25-5-9-33(42-43-40)32(39)18-25)24(3)38(47-34)14-12-28-29-8-7-26-19-27(45)11-13-37(26,4)31(29)20-30(28)23(38)2/h5,7,9,18,22,24,27-29,31,34,36,40,45H,6,8,10-17,19-21H2,1-4H3/p+1/t22-,24+,27-,28-,29-,31-,34+,36-,37-,38-/m0/s1. The van der Waals surface area contributed by atoms with E-state index in [0.717, 1.165) is 60.2 Å². The minimum atomic E-state index is -0.171. The topological polar surface area (TPSA) is 112 Å². The van der Waals surface area contributed by atoms with Crippen LogP contribution < -0.4 is 10.2 Å². The van der Waals surface area contributed by atoms with Gasteiger partial charge in [-0.3, -0.25) is 9.69 Å². The molecule has 254 valence electrons. The molecule has 6 aliphatic rings. The van der Waals surface area contributed by atoms with Gasteiger partial charge in [0.05, 0.1) is 17.8 Å². The fraction of sp³-hybridized carbons (Fsp3) is 0.711. The van der Waals surface area contributed by atoms with Crippen molar-refractivity contribution in [3.63, 3.8) is 0 Å². The summed E-state index contributed by atoms with van der Waals surface area (Å²) in [5, 5.41) is 17.5. The first-order chi connectivity index (χ1) is 22.5. The molecule has 2 saturated carbocycles. The molecule has 3 N–H and O–H groups in total. The van der Waals surface area contributed by atoms with E-state index in [2.05, 4.69) is 76.6 Å². The Balaban J connectivity index is 1.01. The number of likely N-dealkylation sites (tertiary alicyclic amines) is 1. The molecule has 7 rings (SSSR count). The summed E-state index contributed by atoms with van der Waals surface area (Å²) >= 11 is 2.20. The molecule has 4 aliphatic carbocycles. The summed E-state index contributed by atoms with van der Waals surface area (Å²) in [5.74, 6) is 3.20. The van der Waals surface area contributed by atoms with E-state index in [1.165, 1.54) is 24.8 Å². The van der Waals surface area contributed by atoms with E-state index in [9.17, 15) is 9.90 Å². The molecule has 0 unspecified atom stereocenters. The van der Waals surface area contributed by atoms with Crippen molar-refractivity contribution in [3.8, 4) is 0 Å². The lowest BCUT2D eigenvalue weighted by atomic mass is 9.56. The van der Waals surface area contributed by atoms with Crippen molar-refractivity contribution >= 4 is 34.2 Å². The van der Waals surface area contributed by atoms with Gasteiger partial charge in [-0.05, 0) is 140 Å². The summed E-state index contributed by atoms with van der Waals surface area (Å²) in [4.78, 5) is 18.6. The number of amides is 1. The number of fused-ring (bicyclic) bond motifs is 6. The van der Waals surface area contributed by atoms with Crippen LogP contribution in [-0.4, -0.2) is 59.4 Å². The summed E-state index contributed by atoms with van der Waals surface area (Å²) < 4.78 is 8.26. The van der Waals surface area contributed by atoms with Crippen LogP contribution in [0.5, 0.6) is 0 Å². The van der Waals surface area contributed by atoms with Crippen LogP contribution in [-0.2, 0) is 16.0 Å². The number of carbonyl (C=O) groups excluding carboxylic acids is 1. The SMILES string of the molecule is CC1=C2C[C@H]3[C@@H](CC=C4C[C@@H](O)CC[C@@]43C)[C@@H]2CC[C@]12O[C@@H]1C[C@H](C)CN(CCNC(=O)CCc3ccc(N=[N+]=N)c(I)c3)[C@H]1[C@H]2C. The van der Waals surface area contributed by atoms with E-state index >= 15 is 0 Å². The zero-order valence-corrected chi connectivity index (χ0v) is 30.8. The van der Waals surface area contributed by atoms with Crippen LogP contribution in [0.15, 0.2) is 46.1 Å². The number of hydrogen-bond acceptors (Lipinski definition) is 6. The average molecular weight is 755 g/mol. The second-order valence-electron chi connectivity index (χ2n) is 16.0. The number of carbonyl (C=O) groups is 1. The maximum Gasteiger partial charge on any atom is 0.220 e. The number of rotatable bonds is 7. The number of nitrogens with one attached hydrogen (secondary N) is 2. The first-order valence-corrected chi connectivity index (χ1v) is 19.2. The lowest BCUT2D eigenvalue weighted by molar-refractivity contribution is -0.121. The molecule has 2 aliphatic heterocycles. The van der Waals surface area contributed by atoms with Gasteiger partial charge >= 0.3 is 0 Å². The largest absolute Gasteiger partial charge is 0.393 e. The first kappa shape index (κ1) is 33.6. The van der Waals surface area contributed by atoms with Crippen LogP contribution in [0.4, 0.5) is 5.69 Å². The number of aliphatic hydroxyl groups excluding tert-OH is 1. The minimum Gasteiger partial charge on any atom is -0.393 e. The molecular formula is C38H53IN5O3+. The van der Waals surface area contributed by atoms with E-state index in [1.807, 2.05) is 18.2 Å². The van der Waals surface area contributed by atoms with Crippen molar-refractivity contribution < 1.29 is 14.6 Å². The van der Waals surface area contributed by atoms with Crippen LogP contribution in [0.25, 0.3) is 0 Å². The van der Waals surface area contributed by atoms with Crippen molar-refractivity contribution in [2.24, 2.45) is 40.1 Å². The maximum atomic E-state index is 12.9. The third-order valence-corrected chi connectivity index (χ3v) is 14.5. The molecule has 1 amide bonds. The Labute approximate surface area is 293 Å². The highest BCUT2D eigenvalue weighted by atomic mass is 127. The predicted molar refractivity (Wildman–Crippen MR) is 191 cm³/mol. The van der Waals surface area contributed by atoms with Crippen LogP contribution >= 0.6 is 22.6 Å². The summed E-state index contributed by atoms with van der Waals surface area (Å²) in [7, 11) is 0. The Hall–Kier alpha value is -1.91. The van der Waals surface area contributed by atoms with Gasteiger partial charge in [0.1, 0.15) is 5.53 Å². The van der Waals surface area contributed by atoms with Crippen molar-refractivity contribution in [2.75, 3.05) is 19.6 Å². The third-order valence-electron chi connectivity index (χ3n) is 13.6. The second-order valence-corrected chi connectivity index (χ2v) is 17.2. The Kier molecular flexibility index (Phi) is 9.35. The average Bonchev–Trinajstić information content (AvgIpc) is 3.56. The highest BCUT2D eigenvalue weighted by Gasteiger charge is 2.61. The van der Waals surface area contributed by atoms with Gasteiger partial charge < -0.3 is 15.2 Å². The number of halogens is 1. The monoisotopic (exact) mass is 754 g/mol. The number of ether oxygens (including phenoxy) is 1. The van der Waals surface area contributed by atoms with Crippen molar-refractivity contribution in [1.82, 2.24) is 15.1 Å². The lowest BCUT2D eigenvalue weighted by Crippen LogP contribution is -2.54. The fourth-order valence-corrected chi connectivity index (χ4v) is 11.9. The molecule has 1 spiro atoms. The summed E-state index contributed by atoms with van der Waals surface area (Å²) in [6, 6.07) is 6.22. The number of benzene rings is 1. The summed E-state index contributed by atoms with van der Waals surface area (Å²) in [5.41, 5.74) is 13.6. The molecule has 0 aromatic heterocycles. The van der Waals surface area contributed by atoms with Gasteiger partial charge in [-0.2, -0.15) is 0 Å². The number of piperidine rings is 1. The second kappa shape index (κ2) is 13.1. The number of nitrogens with zero attached hydrogens (tertiary/aromatic N) is 3. The molecule has 4 fully saturated rings. The molecule has 10 atom stereocenters. The Morgan fingerprint density at radius 2 is 2.09 bits per heavy atom. The molecule has 2 heterocycles. The van der Waals surface area contributed by atoms with E-state index < -0.39 is 0 Å². The van der Waals surface area contributed by atoms with E-state index in [0.29, 0.717) is 54.8 Å². The number of hydrogen-bond donors (Lipinski definition) is 3. The number of aryl methyl sites for hydroxylation is 1. The molecule has 9 heteroatoms. The molecule has 1 aromatic carbocycles. The van der Waals surface area contributed by atoms with Crippen LogP contribution in [0.3, 0.4) is 0 Å². The third kappa shape index (κ3) is 5.90. The number of aliphatic hydroxyl groups is 1. The minimum absolute atomic E-state index is 0.0872. The highest BCUT2D eigenvalue weighted by Crippen LogP contribution is 2.65. The molecule has 1 aromatic rings. The first-order valence-electron chi connectivity index (χ1n) is 18.2. The van der Waals surface area contributed by atoms with E-state index in [4.69, 9.17) is 10.3 Å². The van der Waals surface area contributed by atoms with Crippen molar-refractivity contribution in [1.29, 1.82) is 5.53 Å². The van der Waals surface area contributed by atoms with Gasteiger partial charge in [0.25, 0.3) is 0 Å². The van der Waals surface area contributed by atoms with Crippen molar-refractivity contribution in [2.45, 2.75) is 116 Å². The molecule has 0 radical (unpaired) electrons. The van der Waals surface area contributed by atoms with Crippen LogP contribution in [0.2, 0.25) is 0 Å². The molecular weight excluding hydrogens is 701 g/mol. The Morgan fingerprint density at radius 1 is 1.26 bits per heavy atom. The Morgan fingerprint density at radius 3 is 2.87 bits per heavy atom. The van der Waals surface area contributed by atoms with Gasteiger partial charge in [-0.25, -0.2) is 0 Å². The molecule has 8 nitrogen and oxygen atoms in total. The number of allylic oxidation sites excluding steroid dienone is 2. The van der Waals surface area contributed by atoms with Gasteiger partial charge in [0, 0.05) is 41.6 Å². The van der Waals surface area contributed by atoms with Gasteiger partial charge in [0.2, 0.25) is 10.8 Å². The fourth-order valence-electron chi connectivity index (χ4n) is 11.2.